The monoisotopic (exact) mass is 1030 g/mol. The quantitative estimate of drug-likeness (QED) is 0.0395. The molecule has 0 aromatic carbocycles. The Balaban J connectivity index is -0.000000265. The van der Waals surface area contributed by atoms with Crippen molar-refractivity contribution in [2.45, 2.75) is 72.2 Å². The SMILES string of the molecule is [C-]#[N+]CCOC(COCC)COC[N+]#[C-].[C-]#[N+]CCOC(COCCC)COCCC#N.[C-]#[N+]COC(OCC)OCC#N.[C-]#[N+]COCC(COCC)COCC#N.[C-]#[N+]COCC(COCC)OC[N+]#[C-]. The van der Waals surface area contributed by atoms with Crippen molar-refractivity contribution >= 4 is 0 Å². The first-order valence-corrected chi connectivity index (χ1v) is 23.1. The lowest BCUT2D eigenvalue weighted by Gasteiger charge is -2.16. The van der Waals surface area contributed by atoms with Crippen LogP contribution in [-0.4, -0.2) is 197 Å². The van der Waals surface area contributed by atoms with Gasteiger partial charge < -0.3 is 76.0 Å². The number of hydrogen-bond acceptors (Lipinski definition) is 18. The van der Waals surface area contributed by atoms with E-state index in [0.29, 0.717) is 125 Å². The molecule has 0 aliphatic rings. The number of rotatable bonds is 43. The zero-order chi connectivity index (χ0) is 55.4. The van der Waals surface area contributed by atoms with Crippen molar-refractivity contribution < 1.29 is 71.1 Å². The Bertz CT molecular complexity index is 1520. The molecule has 25 heteroatoms. The van der Waals surface area contributed by atoms with Crippen molar-refractivity contribution in [3.05, 3.63) is 79.9 Å². The molecule has 0 aromatic heterocycles. The van der Waals surface area contributed by atoms with E-state index in [9.17, 15) is 0 Å². The van der Waals surface area contributed by atoms with E-state index in [2.05, 4.69) is 33.9 Å². The Morgan fingerprint density at radius 3 is 1.21 bits per heavy atom. The first-order chi connectivity index (χ1) is 35.7. The van der Waals surface area contributed by atoms with Crippen molar-refractivity contribution in [2.24, 2.45) is 5.92 Å². The molecule has 0 fully saturated rings. The summed E-state index contributed by atoms with van der Waals surface area (Å²) in [5.41, 5.74) is 0. The van der Waals surface area contributed by atoms with Crippen molar-refractivity contribution in [3.8, 4) is 18.2 Å². The van der Waals surface area contributed by atoms with Gasteiger partial charge >= 0.3 is 33.7 Å². The maximum absolute atomic E-state index is 8.36. The molecule has 0 aliphatic carbocycles. The van der Waals surface area contributed by atoms with Gasteiger partial charge in [0, 0.05) is 39.0 Å². The molecule has 0 N–H and O–H groups in total. The van der Waals surface area contributed by atoms with Gasteiger partial charge in [0.05, 0.1) is 90.7 Å². The van der Waals surface area contributed by atoms with Gasteiger partial charge in [0.15, 0.2) is 0 Å². The first-order valence-electron chi connectivity index (χ1n) is 23.1. The van der Waals surface area contributed by atoms with Gasteiger partial charge in [0.1, 0.15) is 44.7 Å². The molecular formula is C48H76N10O15. The van der Waals surface area contributed by atoms with Gasteiger partial charge in [-0.1, -0.05) is 6.92 Å². The number of hydrogen-bond donors (Lipinski definition) is 0. The molecule has 0 aromatic rings. The van der Waals surface area contributed by atoms with Crippen molar-refractivity contribution in [3.63, 3.8) is 0 Å². The van der Waals surface area contributed by atoms with Crippen LogP contribution >= 0.6 is 0 Å². The van der Waals surface area contributed by atoms with Crippen LogP contribution in [0.2, 0.25) is 0 Å². The second kappa shape index (κ2) is 72.8. The standard InChI is InChI=1S/C12H20N2O3.2C10H16N2O3.C9H14N2O3.C7H10N2O3/c1-3-7-15-10-12(17-9-6-14-2)11-16-8-4-5-13;1-4-13-7-10(8-14-9-12-3)15-6-5-11-2;1-3-13-6-10(7-14-5-4-11)8-15-9-12-2;1-4-12-5-9(14-8-11-3)6-13-7-10-2;1-3-10-7(11-5-4-8)12-6-9-2/h12H,3-4,6-11H2,1H3;10H,4-9H2,1H3;10H,3,5-9H2,1H3;9H,4-8H2,1H3;7H,3,5-6H2,1H3. The molecule has 0 heterocycles. The van der Waals surface area contributed by atoms with Gasteiger partial charge in [-0.15, -0.1) is 0 Å². The van der Waals surface area contributed by atoms with E-state index in [1.165, 1.54) is 0 Å². The summed E-state index contributed by atoms with van der Waals surface area (Å²) >= 11 is 0. The normalized spacial score (nSPS) is 11.7. The van der Waals surface area contributed by atoms with Crippen LogP contribution < -0.4 is 0 Å². The Hall–Kier alpha value is -5.70. The predicted octanol–water partition coefficient (Wildman–Crippen LogP) is 5.86. The predicted molar refractivity (Wildman–Crippen MR) is 262 cm³/mol. The van der Waals surface area contributed by atoms with Crippen LogP contribution in [0.4, 0.5) is 0 Å². The van der Waals surface area contributed by atoms with E-state index in [0.717, 1.165) is 6.42 Å². The summed E-state index contributed by atoms with van der Waals surface area (Å²) in [5.74, 6) is 0.0834. The van der Waals surface area contributed by atoms with Crippen molar-refractivity contribution in [1.82, 2.24) is 0 Å². The second-order valence-electron chi connectivity index (χ2n) is 13.0. The molecular weight excluding hydrogens is 957 g/mol. The van der Waals surface area contributed by atoms with Crippen LogP contribution in [0.5, 0.6) is 0 Å². The van der Waals surface area contributed by atoms with Gasteiger partial charge in [0.2, 0.25) is 13.1 Å². The molecule has 5 unspecified atom stereocenters. The van der Waals surface area contributed by atoms with Crippen LogP contribution in [-0.2, 0) is 71.1 Å². The zero-order valence-corrected chi connectivity index (χ0v) is 43.3. The van der Waals surface area contributed by atoms with Gasteiger partial charge in [-0.3, -0.25) is 29.0 Å². The van der Waals surface area contributed by atoms with E-state index in [4.69, 9.17) is 133 Å². The molecule has 5 atom stereocenters. The molecule has 25 nitrogen and oxygen atoms in total. The Labute approximate surface area is 434 Å². The molecule has 0 bridgehead atoms. The summed E-state index contributed by atoms with van der Waals surface area (Å²) in [6.45, 7) is 62.9. The van der Waals surface area contributed by atoms with E-state index in [-0.39, 0.29) is 77.7 Å². The summed E-state index contributed by atoms with van der Waals surface area (Å²) in [7, 11) is 0. The number of nitrogens with zero attached hydrogens (tertiary/aromatic N) is 10. The summed E-state index contributed by atoms with van der Waals surface area (Å²) < 4.78 is 76.8. The average molecular weight is 1030 g/mol. The number of ether oxygens (including phenoxy) is 15. The number of nitriles is 3. The Morgan fingerprint density at radius 2 is 0.767 bits per heavy atom. The molecule has 0 spiro atoms. The van der Waals surface area contributed by atoms with E-state index >= 15 is 0 Å². The fraction of sp³-hybridized carbons (Fsp3) is 0.792. The highest BCUT2D eigenvalue weighted by atomic mass is 16.8. The lowest BCUT2D eigenvalue weighted by Crippen LogP contribution is -2.27. The molecule has 0 aliphatic heterocycles. The fourth-order valence-corrected chi connectivity index (χ4v) is 4.20. The minimum atomic E-state index is -0.899. The lowest BCUT2D eigenvalue weighted by atomic mass is 10.2. The first kappa shape index (κ1) is 76.2. The van der Waals surface area contributed by atoms with Crippen molar-refractivity contribution in [2.75, 3.05) is 172 Å². The fourth-order valence-electron chi connectivity index (χ4n) is 4.20. The largest absolute Gasteiger partial charge is 0.381 e. The smallest absolute Gasteiger partial charge is 0.322 e. The van der Waals surface area contributed by atoms with Gasteiger partial charge in [-0.05, 0) is 34.1 Å². The maximum Gasteiger partial charge on any atom is 0.322 e. The summed E-state index contributed by atoms with van der Waals surface area (Å²) in [5, 5.41) is 24.8. The van der Waals surface area contributed by atoms with Gasteiger partial charge in [-0.25, -0.2) is 46.0 Å². The molecule has 0 radical (unpaired) electrons. The van der Waals surface area contributed by atoms with Crippen LogP contribution in [0.15, 0.2) is 0 Å². The third kappa shape index (κ3) is 70.6. The highest BCUT2D eigenvalue weighted by molar-refractivity contribution is 4.69. The topological polar surface area (TPSA) is 240 Å². The minimum Gasteiger partial charge on any atom is -0.381 e. The summed E-state index contributed by atoms with van der Waals surface area (Å²) in [6, 6.07) is 5.68. The van der Waals surface area contributed by atoms with Gasteiger partial charge in [-0.2, -0.15) is 15.8 Å². The molecule has 0 rings (SSSR count). The second-order valence-corrected chi connectivity index (χ2v) is 13.0. The summed E-state index contributed by atoms with van der Waals surface area (Å²) in [4.78, 5) is 21.6. The molecule has 73 heavy (non-hydrogen) atoms. The average Bonchev–Trinajstić information content (AvgIpc) is 3.40. The summed E-state index contributed by atoms with van der Waals surface area (Å²) in [6.07, 6.45) is 0.746. The highest BCUT2D eigenvalue weighted by Crippen LogP contribution is 2.02. The molecule has 0 amide bonds. The third-order valence-corrected chi connectivity index (χ3v) is 7.19. The van der Waals surface area contributed by atoms with E-state index in [1.54, 1.807) is 13.0 Å². The van der Waals surface area contributed by atoms with E-state index < -0.39 is 6.48 Å². The lowest BCUT2D eigenvalue weighted by molar-refractivity contribution is -0.277. The van der Waals surface area contributed by atoms with Gasteiger partial charge in [0.25, 0.3) is 6.48 Å². The maximum atomic E-state index is 8.36. The van der Waals surface area contributed by atoms with Crippen LogP contribution in [0.3, 0.4) is 0 Å². The van der Waals surface area contributed by atoms with E-state index in [1.807, 2.05) is 39.8 Å². The molecule has 0 saturated heterocycles. The third-order valence-electron chi connectivity index (χ3n) is 7.19. The van der Waals surface area contributed by atoms with Crippen molar-refractivity contribution in [1.29, 1.82) is 15.8 Å². The zero-order valence-electron chi connectivity index (χ0n) is 43.3. The highest BCUT2D eigenvalue weighted by Gasteiger charge is 2.14. The molecule has 0 saturated carbocycles. The molecule has 408 valence electrons. The van der Waals surface area contributed by atoms with Crippen LogP contribution in [0, 0.1) is 85.9 Å². The van der Waals surface area contributed by atoms with Crippen LogP contribution in [0.25, 0.3) is 33.9 Å². The minimum absolute atomic E-state index is 0.000874. The Kier molecular flexibility index (Phi) is 76.1. The van der Waals surface area contributed by atoms with Crippen LogP contribution in [0.1, 0.15) is 47.5 Å². The Morgan fingerprint density at radius 1 is 0.356 bits per heavy atom.